The third-order valence-electron chi connectivity index (χ3n) is 3.72. The van der Waals surface area contributed by atoms with Crippen molar-refractivity contribution >= 4 is 27.3 Å². The van der Waals surface area contributed by atoms with Crippen LogP contribution < -0.4 is 5.73 Å². The first-order valence-electron chi connectivity index (χ1n) is 5.18. The SMILES string of the molecule is NC(Cc1cc(Br)cs1)C1CC12CC2. The fourth-order valence-electron chi connectivity index (χ4n) is 2.56. The van der Waals surface area contributed by atoms with Gasteiger partial charge in [-0.1, -0.05) is 0 Å². The van der Waals surface area contributed by atoms with Crippen LogP contribution in [-0.4, -0.2) is 6.04 Å². The summed E-state index contributed by atoms with van der Waals surface area (Å²) in [4.78, 5) is 1.42. The van der Waals surface area contributed by atoms with Crippen LogP contribution in [-0.2, 0) is 6.42 Å². The number of thiophene rings is 1. The lowest BCUT2D eigenvalue weighted by atomic mass is 10.1. The van der Waals surface area contributed by atoms with Crippen LogP contribution in [0, 0.1) is 11.3 Å². The highest BCUT2D eigenvalue weighted by molar-refractivity contribution is 9.10. The van der Waals surface area contributed by atoms with Gasteiger partial charge in [0.15, 0.2) is 0 Å². The lowest BCUT2D eigenvalue weighted by molar-refractivity contribution is 0.545. The van der Waals surface area contributed by atoms with E-state index in [2.05, 4.69) is 27.4 Å². The fourth-order valence-corrected chi connectivity index (χ4v) is 4.08. The van der Waals surface area contributed by atoms with E-state index in [9.17, 15) is 0 Å². The van der Waals surface area contributed by atoms with Crippen LogP contribution in [0.3, 0.4) is 0 Å². The van der Waals surface area contributed by atoms with Crippen LogP contribution in [0.25, 0.3) is 0 Å². The highest BCUT2D eigenvalue weighted by atomic mass is 79.9. The minimum Gasteiger partial charge on any atom is -0.327 e. The molecule has 1 aromatic heterocycles. The molecule has 1 heterocycles. The van der Waals surface area contributed by atoms with Gasteiger partial charge < -0.3 is 5.73 Å². The van der Waals surface area contributed by atoms with Gasteiger partial charge in [0, 0.05) is 20.8 Å². The second-order valence-electron chi connectivity index (χ2n) is 4.77. The molecule has 2 aliphatic carbocycles. The van der Waals surface area contributed by atoms with E-state index in [1.165, 1.54) is 28.6 Å². The molecule has 0 radical (unpaired) electrons. The van der Waals surface area contributed by atoms with Crippen molar-refractivity contribution < 1.29 is 0 Å². The van der Waals surface area contributed by atoms with Crippen LogP contribution in [0.5, 0.6) is 0 Å². The summed E-state index contributed by atoms with van der Waals surface area (Å²) in [6.45, 7) is 0. The first-order chi connectivity index (χ1) is 6.70. The second-order valence-corrected chi connectivity index (χ2v) is 6.68. The van der Waals surface area contributed by atoms with E-state index in [0.717, 1.165) is 17.8 Å². The number of halogens is 1. The summed E-state index contributed by atoms with van der Waals surface area (Å²) in [5, 5.41) is 2.14. The molecule has 14 heavy (non-hydrogen) atoms. The van der Waals surface area contributed by atoms with Gasteiger partial charge in [-0.05, 0) is 59.0 Å². The van der Waals surface area contributed by atoms with Crippen molar-refractivity contribution in [2.45, 2.75) is 31.7 Å². The quantitative estimate of drug-likeness (QED) is 0.898. The average Bonchev–Trinajstić information content (AvgIpc) is 3.03. The zero-order valence-corrected chi connectivity index (χ0v) is 10.4. The molecule has 2 unspecified atom stereocenters. The van der Waals surface area contributed by atoms with Crippen LogP contribution >= 0.6 is 27.3 Å². The Bertz CT molecular complexity index is 356. The van der Waals surface area contributed by atoms with Crippen LogP contribution in [0.4, 0.5) is 0 Å². The Hall–Kier alpha value is 0.140. The highest BCUT2D eigenvalue weighted by Crippen LogP contribution is 2.71. The van der Waals surface area contributed by atoms with E-state index in [1.54, 1.807) is 0 Å². The van der Waals surface area contributed by atoms with Crippen molar-refractivity contribution in [3.8, 4) is 0 Å². The Morgan fingerprint density at radius 1 is 1.64 bits per heavy atom. The first kappa shape index (κ1) is 9.37. The predicted octanol–water partition coefficient (Wildman–Crippen LogP) is 3.18. The van der Waals surface area contributed by atoms with Crippen LogP contribution in [0.1, 0.15) is 24.1 Å². The summed E-state index contributed by atoms with van der Waals surface area (Å²) in [6, 6.07) is 2.61. The second kappa shape index (κ2) is 3.06. The first-order valence-corrected chi connectivity index (χ1v) is 6.85. The van der Waals surface area contributed by atoms with Crippen LogP contribution in [0.2, 0.25) is 0 Å². The van der Waals surface area contributed by atoms with Crippen LogP contribution in [0.15, 0.2) is 15.9 Å². The molecule has 0 amide bonds. The molecule has 0 bridgehead atoms. The monoisotopic (exact) mass is 271 g/mol. The van der Waals surface area contributed by atoms with Crippen molar-refractivity contribution in [1.82, 2.24) is 0 Å². The maximum Gasteiger partial charge on any atom is 0.0285 e. The molecular formula is C11H14BrNS. The third kappa shape index (κ3) is 1.55. The van der Waals surface area contributed by atoms with Crippen molar-refractivity contribution in [2.24, 2.45) is 17.1 Å². The molecule has 2 atom stereocenters. The molecule has 1 spiro atoms. The lowest BCUT2D eigenvalue weighted by Crippen LogP contribution is -2.25. The average molecular weight is 272 g/mol. The van der Waals surface area contributed by atoms with Gasteiger partial charge in [0.1, 0.15) is 0 Å². The van der Waals surface area contributed by atoms with Crippen molar-refractivity contribution in [1.29, 1.82) is 0 Å². The zero-order chi connectivity index (χ0) is 9.76. The zero-order valence-electron chi connectivity index (χ0n) is 8.00. The molecule has 1 aromatic rings. The van der Waals surface area contributed by atoms with Gasteiger partial charge >= 0.3 is 0 Å². The van der Waals surface area contributed by atoms with Crippen molar-refractivity contribution in [2.75, 3.05) is 0 Å². The Morgan fingerprint density at radius 2 is 2.43 bits per heavy atom. The van der Waals surface area contributed by atoms with Gasteiger partial charge in [-0.15, -0.1) is 11.3 Å². The molecule has 3 heteroatoms. The van der Waals surface area contributed by atoms with Gasteiger partial charge in [-0.2, -0.15) is 0 Å². The molecule has 0 aliphatic heterocycles. The molecular weight excluding hydrogens is 258 g/mol. The molecule has 0 saturated heterocycles. The summed E-state index contributed by atoms with van der Waals surface area (Å²) in [6.07, 6.45) is 5.36. The number of hydrogen-bond donors (Lipinski definition) is 1. The van der Waals surface area contributed by atoms with Gasteiger partial charge in [0.05, 0.1) is 0 Å². The number of rotatable bonds is 3. The molecule has 2 saturated carbocycles. The molecule has 2 fully saturated rings. The largest absolute Gasteiger partial charge is 0.327 e. The molecule has 3 rings (SSSR count). The van der Waals surface area contributed by atoms with Gasteiger partial charge in [0.2, 0.25) is 0 Å². The Kier molecular flexibility index (Phi) is 2.05. The molecule has 2 aliphatic rings. The van der Waals surface area contributed by atoms with E-state index in [4.69, 9.17) is 5.73 Å². The van der Waals surface area contributed by atoms with Crippen molar-refractivity contribution in [3.05, 3.63) is 20.8 Å². The Balaban J connectivity index is 1.62. The molecule has 0 aromatic carbocycles. The van der Waals surface area contributed by atoms with E-state index < -0.39 is 0 Å². The topological polar surface area (TPSA) is 26.0 Å². The normalized spacial score (nSPS) is 29.1. The molecule has 76 valence electrons. The fraction of sp³-hybridized carbons (Fsp3) is 0.636. The minimum atomic E-state index is 0.406. The van der Waals surface area contributed by atoms with Gasteiger partial charge in [0.25, 0.3) is 0 Å². The highest BCUT2D eigenvalue weighted by Gasteiger charge is 2.64. The predicted molar refractivity (Wildman–Crippen MR) is 63.5 cm³/mol. The van der Waals surface area contributed by atoms with Gasteiger partial charge in [-0.3, -0.25) is 0 Å². The maximum absolute atomic E-state index is 6.23. The summed E-state index contributed by atoms with van der Waals surface area (Å²) in [5.41, 5.74) is 6.97. The lowest BCUT2D eigenvalue weighted by Gasteiger charge is -2.08. The minimum absolute atomic E-state index is 0.406. The van der Waals surface area contributed by atoms with E-state index in [1.807, 2.05) is 11.3 Å². The smallest absolute Gasteiger partial charge is 0.0285 e. The summed E-state index contributed by atoms with van der Waals surface area (Å²) in [5.74, 6) is 0.836. The summed E-state index contributed by atoms with van der Waals surface area (Å²) in [7, 11) is 0. The standard InChI is InChI=1S/C11H14BrNS/c12-7-3-8(14-6-7)4-10(13)9-5-11(9)1-2-11/h3,6,9-10H,1-2,4-5,13H2. The number of nitrogens with two attached hydrogens (primary N) is 1. The Morgan fingerprint density at radius 3 is 2.93 bits per heavy atom. The molecule has 1 nitrogen and oxygen atoms in total. The number of hydrogen-bond acceptors (Lipinski definition) is 2. The summed E-state index contributed by atoms with van der Waals surface area (Å²) >= 11 is 5.30. The molecule has 2 N–H and O–H groups in total. The third-order valence-corrected chi connectivity index (χ3v) is 5.44. The van der Waals surface area contributed by atoms with Crippen molar-refractivity contribution in [3.63, 3.8) is 0 Å². The van der Waals surface area contributed by atoms with E-state index in [0.29, 0.717) is 6.04 Å². The maximum atomic E-state index is 6.23. The van der Waals surface area contributed by atoms with Gasteiger partial charge in [-0.25, -0.2) is 0 Å². The van der Waals surface area contributed by atoms with E-state index >= 15 is 0 Å². The summed E-state index contributed by atoms with van der Waals surface area (Å²) < 4.78 is 1.20. The Labute approximate surface area is 96.8 Å². The van der Waals surface area contributed by atoms with E-state index in [-0.39, 0.29) is 0 Å².